The van der Waals surface area contributed by atoms with Gasteiger partial charge in [-0.2, -0.15) is 0 Å². The van der Waals surface area contributed by atoms with Crippen LogP contribution in [0, 0.1) is 6.92 Å². The van der Waals surface area contributed by atoms with Crippen LogP contribution in [0.4, 0.5) is 5.69 Å². The fraction of sp³-hybridized carbons (Fsp3) is 0.500. The third-order valence-corrected chi connectivity index (χ3v) is 2.47. The zero-order valence-corrected chi connectivity index (χ0v) is 9.79. The molecule has 0 aliphatic rings. The summed E-state index contributed by atoms with van der Waals surface area (Å²) in [5, 5.41) is 11.8. The highest BCUT2D eigenvalue weighted by Gasteiger charge is 2.10. The molecule has 0 amide bonds. The van der Waals surface area contributed by atoms with Crippen molar-refractivity contribution < 1.29 is 9.84 Å². The first kappa shape index (κ1) is 11.9. The van der Waals surface area contributed by atoms with E-state index in [-0.39, 0.29) is 6.73 Å². The van der Waals surface area contributed by atoms with Crippen molar-refractivity contribution in [2.75, 3.05) is 19.2 Å². The lowest BCUT2D eigenvalue weighted by atomic mass is 9.99. The maximum atomic E-state index is 8.86. The summed E-state index contributed by atoms with van der Waals surface area (Å²) in [6.45, 7) is 6.18. The highest BCUT2D eigenvalue weighted by Crippen LogP contribution is 2.31. The van der Waals surface area contributed by atoms with Gasteiger partial charge in [-0.15, -0.1) is 0 Å². The predicted octanol–water partition coefficient (Wildman–Crippen LogP) is 2.49. The third-order valence-electron chi connectivity index (χ3n) is 2.47. The highest BCUT2D eigenvalue weighted by atomic mass is 16.5. The van der Waals surface area contributed by atoms with Gasteiger partial charge in [0.05, 0.1) is 7.11 Å². The van der Waals surface area contributed by atoms with Gasteiger partial charge in [0.25, 0.3) is 0 Å². The number of aliphatic hydroxyl groups excluding tert-OH is 1. The van der Waals surface area contributed by atoms with Crippen LogP contribution in [-0.2, 0) is 0 Å². The summed E-state index contributed by atoms with van der Waals surface area (Å²) >= 11 is 0. The number of ether oxygens (including phenoxy) is 1. The van der Waals surface area contributed by atoms with Crippen LogP contribution in [0.3, 0.4) is 0 Å². The Balaban J connectivity index is 3.17. The van der Waals surface area contributed by atoms with E-state index in [2.05, 4.69) is 19.2 Å². The summed E-state index contributed by atoms with van der Waals surface area (Å²) in [5.41, 5.74) is 3.19. The molecule has 3 nitrogen and oxygen atoms in total. The lowest BCUT2D eigenvalue weighted by Crippen LogP contribution is -2.04. The molecule has 15 heavy (non-hydrogen) atoms. The first-order valence-corrected chi connectivity index (χ1v) is 5.13. The second-order valence-corrected chi connectivity index (χ2v) is 3.90. The van der Waals surface area contributed by atoms with Crippen molar-refractivity contribution >= 4 is 5.69 Å². The van der Waals surface area contributed by atoms with E-state index >= 15 is 0 Å². The molecule has 0 bridgehead atoms. The van der Waals surface area contributed by atoms with Crippen molar-refractivity contribution in [3.05, 3.63) is 23.3 Å². The molecule has 2 N–H and O–H groups in total. The van der Waals surface area contributed by atoms with Gasteiger partial charge in [0.1, 0.15) is 12.5 Å². The molecule has 0 unspecified atom stereocenters. The Morgan fingerprint density at radius 3 is 2.53 bits per heavy atom. The Bertz CT molecular complexity index is 335. The summed E-state index contributed by atoms with van der Waals surface area (Å²) < 4.78 is 5.33. The molecule has 0 aliphatic heterocycles. The molecule has 3 heteroatoms. The maximum absolute atomic E-state index is 8.86. The van der Waals surface area contributed by atoms with Crippen LogP contribution in [0.25, 0.3) is 0 Å². The molecule has 1 aromatic rings. The Hall–Kier alpha value is -1.22. The molecule has 0 fully saturated rings. The molecule has 0 atom stereocenters. The van der Waals surface area contributed by atoms with Gasteiger partial charge in [-0.3, -0.25) is 0 Å². The van der Waals surface area contributed by atoms with Crippen LogP contribution < -0.4 is 10.1 Å². The van der Waals surface area contributed by atoms with Crippen molar-refractivity contribution in [1.82, 2.24) is 0 Å². The van der Waals surface area contributed by atoms with E-state index in [9.17, 15) is 0 Å². The third kappa shape index (κ3) is 2.63. The molecular weight excluding hydrogens is 190 g/mol. The van der Waals surface area contributed by atoms with Crippen LogP contribution in [-0.4, -0.2) is 18.9 Å². The van der Waals surface area contributed by atoms with E-state index in [1.54, 1.807) is 7.11 Å². The normalized spacial score (nSPS) is 10.5. The molecule has 0 aliphatic carbocycles. The van der Waals surface area contributed by atoms with Gasteiger partial charge in [-0.1, -0.05) is 13.8 Å². The van der Waals surface area contributed by atoms with Crippen molar-refractivity contribution in [2.24, 2.45) is 0 Å². The van der Waals surface area contributed by atoms with Crippen LogP contribution in [0.2, 0.25) is 0 Å². The van der Waals surface area contributed by atoms with E-state index < -0.39 is 0 Å². The van der Waals surface area contributed by atoms with Crippen molar-refractivity contribution in [2.45, 2.75) is 26.7 Å². The summed E-state index contributed by atoms with van der Waals surface area (Å²) in [7, 11) is 1.68. The second-order valence-electron chi connectivity index (χ2n) is 3.90. The lowest BCUT2D eigenvalue weighted by Gasteiger charge is -2.16. The average Bonchev–Trinajstić information content (AvgIpc) is 2.20. The number of anilines is 1. The Kier molecular flexibility index (Phi) is 3.97. The lowest BCUT2D eigenvalue weighted by molar-refractivity contribution is 0.325. The van der Waals surface area contributed by atoms with Gasteiger partial charge >= 0.3 is 0 Å². The largest absolute Gasteiger partial charge is 0.496 e. The van der Waals surface area contributed by atoms with Crippen molar-refractivity contribution in [3.8, 4) is 5.75 Å². The van der Waals surface area contributed by atoms with E-state index in [0.717, 1.165) is 22.6 Å². The minimum atomic E-state index is -0.0509. The molecule has 0 heterocycles. The molecule has 0 radical (unpaired) electrons. The summed E-state index contributed by atoms with van der Waals surface area (Å²) in [6.07, 6.45) is 0. The first-order chi connectivity index (χ1) is 7.10. The van der Waals surface area contributed by atoms with Crippen LogP contribution in [0.1, 0.15) is 30.9 Å². The number of hydrogen-bond donors (Lipinski definition) is 2. The molecule has 0 aromatic heterocycles. The van der Waals surface area contributed by atoms with Gasteiger partial charge in [0.15, 0.2) is 0 Å². The monoisotopic (exact) mass is 209 g/mol. The van der Waals surface area contributed by atoms with Crippen molar-refractivity contribution in [3.63, 3.8) is 0 Å². The average molecular weight is 209 g/mol. The molecule has 0 saturated heterocycles. The standard InChI is InChI=1S/C12H19NO2/c1-8(2)10-6-11(13-7-14)9(3)5-12(10)15-4/h5-6,8,13-14H,7H2,1-4H3. The fourth-order valence-electron chi connectivity index (χ4n) is 1.60. The number of hydrogen-bond acceptors (Lipinski definition) is 3. The minimum absolute atomic E-state index is 0.0509. The topological polar surface area (TPSA) is 41.5 Å². The SMILES string of the molecule is COc1cc(C)c(NCO)cc1C(C)C. The van der Waals surface area contributed by atoms with Gasteiger partial charge < -0.3 is 15.2 Å². The van der Waals surface area contributed by atoms with Gasteiger partial charge in [-0.25, -0.2) is 0 Å². The number of benzene rings is 1. The fourth-order valence-corrected chi connectivity index (χ4v) is 1.60. The number of aliphatic hydroxyl groups is 1. The molecule has 0 saturated carbocycles. The van der Waals surface area contributed by atoms with Gasteiger partial charge in [-0.05, 0) is 36.1 Å². The smallest absolute Gasteiger partial charge is 0.122 e. The molecule has 1 rings (SSSR count). The van der Waals surface area contributed by atoms with Gasteiger partial charge in [0, 0.05) is 5.69 Å². The van der Waals surface area contributed by atoms with Crippen molar-refractivity contribution in [1.29, 1.82) is 0 Å². The highest BCUT2D eigenvalue weighted by molar-refractivity contribution is 5.57. The van der Waals surface area contributed by atoms with E-state index in [1.807, 2.05) is 19.1 Å². The van der Waals surface area contributed by atoms with Crippen LogP contribution >= 0.6 is 0 Å². The van der Waals surface area contributed by atoms with E-state index in [0.29, 0.717) is 5.92 Å². The van der Waals surface area contributed by atoms with Crippen LogP contribution in [0.15, 0.2) is 12.1 Å². The number of methoxy groups -OCH3 is 1. The number of nitrogens with one attached hydrogen (secondary N) is 1. The predicted molar refractivity (Wildman–Crippen MR) is 62.5 cm³/mol. The van der Waals surface area contributed by atoms with Crippen LogP contribution in [0.5, 0.6) is 5.75 Å². The zero-order valence-electron chi connectivity index (χ0n) is 9.79. The number of aryl methyl sites for hydroxylation is 1. The second kappa shape index (κ2) is 5.03. The molecule has 0 spiro atoms. The van der Waals surface area contributed by atoms with E-state index in [4.69, 9.17) is 9.84 Å². The molecular formula is C12H19NO2. The quantitative estimate of drug-likeness (QED) is 0.749. The minimum Gasteiger partial charge on any atom is -0.496 e. The Labute approximate surface area is 91.1 Å². The Morgan fingerprint density at radius 1 is 1.40 bits per heavy atom. The molecule has 1 aromatic carbocycles. The summed E-state index contributed by atoms with van der Waals surface area (Å²) in [4.78, 5) is 0. The Morgan fingerprint density at radius 2 is 2.07 bits per heavy atom. The molecule has 84 valence electrons. The summed E-state index contributed by atoms with van der Waals surface area (Å²) in [6, 6.07) is 4.03. The maximum Gasteiger partial charge on any atom is 0.122 e. The number of rotatable bonds is 4. The summed E-state index contributed by atoms with van der Waals surface area (Å²) in [5.74, 6) is 1.31. The van der Waals surface area contributed by atoms with E-state index in [1.165, 1.54) is 0 Å². The zero-order chi connectivity index (χ0) is 11.4. The first-order valence-electron chi connectivity index (χ1n) is 5.13. The van der Waals surface area contributed by atoms with Gasteiger partial charge in [0.2, 0.25) is 0 Å².